The second kappa shape index (κ2) is 4.80. The van der Waals surface area contributed by atoms with Gasteiger partial charge in [-0.15, -0.1) is 0 Å². The number of ether oxygens (including phenoxy) is 1. The van der Waals surface area contributed by atoms with Crippen LogP contribution in [-0.4, -0.2) is 24.1 Å². The van der Waals surface area contributed by atoms with E-state index >= 15 is 0 Å². The summed E-state index contributed by atoms with van der Waals surface area (Å²) >= 11 is 0. The highest BCUT2D eigenvalue weighted by molar-refractivity contribution is 5.69. The van der Waals surface area contributed by atoms with Gasteiger partial charge in [-0.1, -0.05) is 0 Å². The van der Waals surface area contributed by atoms with Gasteiger partial charge in [0.2, 0.25) is 0 Å². The Bertz CT molecular complexity index is 280. The standard InChI is InChI=1S/C10H13F4O3/c1-9(11,12)10(13,14)17-7-4-2-6(3-5-7)8(15)16/h6-7H,2-5H2,1H3. The molecule has 0 aliphatic heterocycles. The lowest BCUT2D eigenvalue weighted by Crippen LogP contribution is -2.44. The Morgan fingerprint density at radius 3 is 1.94 bits per heavy atom. The quantitative estimate of drug-likeness (QED) is 0.727. The summed E-state index contributed by atoms with van der Waals surface area (Å²) in [6.07, 6.45) is -5.30. The predicted molar refractivity (Wildman–Crippen MR) is 48.1 cm³/mol. The zero-order chi connectivity index (χ0) is 13.3. The minimum Gasteiger partial charge on any atom is -0.312 e. The average molecular weight is 257 g/mol. The monoisotopic (exact) mass is 257 g/mol. The van der Waals surface area contributed by atoms with Crippen molar-refractivity contribution in [3.63, 3.8) is 0 Å². The lowest BCUT2D eigenvalue weighted by atomic mass is 9.87. The molecule has 1 rings (SSSR count). The number of rotatable bonds is 4. The largest absolute Gasteiger partial charge is 0.419 e. The molecule has 0 N–H and O–H groups in total. The van der Waals surface area contributed by atoms with Gasteiger partial charge in [0, 0.05) is 6.92 Å². The lowest BCUT2D eigenvalue weighted by Gasteiger charge is -2.31. The zero-order valence-electron chi connectivity index (χ0n) is 9.22. The first-order valence-electron chi connectivity index (χ1n) is 5.28. The van der Waals surface area contributed by atoms with Crippen LogP contribution in [0, 0.1) is 5.92 Å². The molecule has 7 heteroatoms. The average Bonchev–Trinajstić information content (AvgIpc) is 2.16. The Labute approximate surface area is 95.7 Å². The van der Waals surface area contributed by atoms with Gasteiger partial charge in [0.25, 0.3) is 0 Å². The second-order valence-electron chi connectivity index (χ2n) is 4.32. The zero-order valence-corrected chi connectivity index (χ0v) is 9.22. The summed E-state index contributed by atoms with van der Waals surface area (Å²) in [5, 5.41) is 10.5. The van der Waals surface area contributed by atoms with Crippen molar-refractivity contribution in [3.05, 3.63) is 0 Å². The number of hydrogen-bond donors (Lipinski definition) is 0. The summed E-state index contributed by atoms with van der Waals surface area (Å²) in [5.74, 6) is -6.19. The van der Waals surface area contributed by atoms with Crippen molar-refractivity contribution < 1.29 is 32.2 Å². The van der Waals surface area contributed by atoms with Crippen LogP contribution in [0.2, 0.25) is 0 Å². The molecule has 0 bridgehead atoms. The fourth-order valence-electron chi connectivity index (χ4n) is 1.73. The first-order valence-corrected chi connectivity index (χ1v) is 5.28. The van der Waals surface area contributed by atoms with Gasteiger partial charge in [-0.2, -0.15) is 17.6 Å². The van der Waals surface area contributed by atoms with E-state index in [1.165, 1.54) is 0 Å². The maximum Gasteiger partial charge on any atom is 0.419 e. The van der Waals surface area contributed by atoms with E-state index in [1.807, 2.05) is 0 Å². The Morgan fingerprint density at radius 2 is 1.59 bits per heavy atom. The Kier molecular flexibility index (Phi) is 4.01. The van der Waals surface area contributed by atoms with Crippen molar-refractivity contribution in [1.82, 2.24) is 0 Å². The molecule has 1 radical (unpaired) electrons. The van der Waals surface area contributed by atoms with Crippen LogP contribution < -0.4 is 0 Å². The predicted octanol–water partition coefficient (Wildman–Crippen LogP) is 2.77. The highest BCUT2D eigenvalue weighted by Gasteiger charge is 2.55. The molecule has 0 aromatic rings. The van der Waals surface area contributed by atoms with Crippen molar-refractivity contribution in [1.29, 1.82) is 0 Å². The number of carbonyl (C=O) groups is 1. The van der Waals surface area contributed by atoms with E-state index in [0.29, 0.717) is 0 Å². The molecule has 1 aliphatic carbocycles. The van der Waals surface area contributed by atoms with E-state index in [9.17, 15) is 27.5 Å². The molecule has 0 aromatic carbocycles. The Balaban J connectivity index is 2.48. The number of halogens is 4. The number of alkyl halides is 4. The first kappa shape index (κ1) is 14.2. The normalized spacial score (nSPS) is 26.9. The van der Waals surface area contributed by atoms with Crippen LogP contribution in [0.15, 0.2) is 0 Å². The summed E-state index contributed by atoms with van der Waals surface area (Å²) in [7, 11) is 0. The van der Waals surface area contributed by atoms with Crippen LogP contribution in [-0.2, 0) is 14.6 Å². The first-order chi connectivity index (χ1) is 7.63. The van der Waals surface area contributed by atoms with Gasteiger partial charge < -0.3 is 4.74 Å². The Hall–Kier alpha value is -0.850. The van der Waals surface area contributed by atoms with E-state index < -0.39 is 30.0 Å². The maximum absolute atomic E-state index is 12.9. The third-order valence-electron chi connectivity index (χ3n) is 2.83. The molecule has 0 saturated heterocycles. The van der Waals surface area contributed by atoms with E-state index in [0.717, 1.165) is 0 Å². The second-order valence-corrected chi connectivity index (χ2v) is 4.32. The molecular formula is C10H13F4O3. The Morgan fingerprint density at radius 1 is 1.12 bits per heavy atom. The van der Waals surface area contributed by atoms with Crippen molar-refractivity contribution in [2.45, 2.75) is 50.7 Å². The van der Waals surface area contributed by atoms with Gasteiger partial charge in [-0.25, -0.2) is 9.90 Å². The summed E-state index contributed by atoms with van der Waals surface area (Å²) in [5.41, 5.74) is 0. The summed E-state index contributed by atoms with van der Waals surface area (Å²) in [6.45, 7) is 0.0831. The van der Waals surface area contributed by atoms with E-state index in [4.69, 9.17) is 0 Å². The van der Waals surface area contributed by atoms with Crippen molar-refractivity contribution in [2.75, 3.05) is 0 Å². The van der Waals surface area contributed by atoms with Gasteiger partial charge in [-0.05, 0) is 25.7 Å². The smallest absolute Gasteiger partial charge is 0.312 e. The molecule has 0 heterocycles. The van der Waals surface area contributed by atoms with Gasteiger partial charge in [0.1, 0.15) is 0 Å². The molecule has 0 spiro atoms. The third kappa shape index (κ3) is 3.55. The van der Waals surface area contributed by atoms with Gasteiger partial charge in [0.15, 0.2) is 0 Å². The van der Waals surface area contributed by atoms with Crippen molar-refractivity contribution in [2.24, 2.45) is 5.92 Å². The summed E-state index contributed by atoms with van der Waals surface area (Å²) < 4.78 is 54.8. The van der Waals surface area contributed by atoms with E-state index in [-0.39, 0.29) is 32.6 Å². The molecule has 0 atom stereocenters. The lowest BCUT2D eigenvalue weighted by molar-refractivity contribution is -0.358. The molecule has 0 unspecified atom stereocenters. The van der Waals surface area contributed by atoms with Gasteiger partial charge >= 0.3 is 18.0 Å². The van der Waals surface area contributed by atoms with E-state index in [1.54, 1.807) is 0 Å². The summed E-state index contributed by atoms with van der Waals surface area (Å²) in [4.78, 5) is 10.5. The SMILES string of the molecule is CC(F)(F)C(F)(F)OC1CCC(C([O])=O)CC1. The maximum atomic E-state index is 12.9. The molecule has 1 aliphatic rings. The van der Waals surface area contributed by atoms with Crippen LogP contribution >= 0.6 is 0 Å². The molecule has 3 nitrogen and oxygen atoms in total. The molecule has 1 saturated carbocycles. The molecular weight excluding hydrogens is 244 g/mol. The highest BCUT2D eigenvalue weighted by atomic mass is 19.3. The molecule has 17 heavy (non-hydrogen) atoms. The minimum atomic E-state index is -4.52. The van der Waals surface area contributed by atoms with Crippen LogP contribution in [0.5, 0.6) is 0 Å². The summed E-state index contributed by atoms with van der Waals surface area (Å²) in [6, 6.07) is 0. The van der Waals surface area contributed by atoms with Crippen LogP contribution in [0.4, 0.5) is 17.6 Å². The molecule has 0 amide bonds. The van der Waals surface area contributed by atoms with Crippen LogP contribution in [0.25, 0.3) is 0 Å². The molecule has 1 fully saturated rings. The third-order valence-corrected chi connectivity index (χ3v) is 2.83. The van der Waals surface area contributed by atoms with Gasteiger partial charge in [0.05, 0.1) is 12.0 Å². The number of carbonyl (C=O) groups excluding carboxylic acids is 1. The van der Waals surface area contributed by atoms with Crippen LogP contribution in [0.1, 0.15) is 32.6 Å². The van der Waals surface area contributed by atoms with Crippen molar-refractivity contribution >= 4 is 5.97 Å². The number of hydrogen-bond acceptors (Lipinski definition) is 2. The van der Waals surface area contributed by atoms with Crippen LogP contribution in [0.3, 0.4) is 0 Å². The minimum absolute atomic E-state index is 0.0182. The topological polar surface area (TPSA) is 46.2 Å². The van der Waals surface area contributed by atoms with Crippen molar-refractivity contribution in [3.8, 4) is 0 Å². The fourth-order valence-corrected chi connectivity index (χ4v) is 1.73. The highest BCUT2D eigenvalue weighted by Crippen LogP contribution is 2.38. The van der Waals surface area contributed by atoms with Gasteiger partial charge in [-0.3, -0.25) is 0 Å². The van der Waals surface area contributed by atoms with E-state index in [2.05, 4.69) is 4.74 Å². The fraction of sp³-hybridized carbons (Fsp3) is 0.900. The molecule has 99 valence electrons. The molecule has 0 aromatic heterocycles.